The molecule has 1 aliphatic heterocycles. The molecule has 2 N–H and O–H groups in total. The van der Waals surface area contributed by atoms with Crippen LogP contribution in [-0.4, -0.2) is 51.2 Å². The van der Waals surface area contributed by atoms with Crippen molar-refractivity contribution in [2.24, 2.45) is 5.92 Å². The summed E-state index contributed by atoms with van der Waals surface area (Å²) in [6.07, 6.45) is -0.616. The molecule has 20 heavy (non-hydrogen) atoms. The Hall–Kier alpha value is -1.95. The molecule has 2 atom stereocenters. The van der Waals surface area contributed by atoms with Gasteiger partial charge in [-0.15, -0.1) is 0 Å². The van der Waals surface area contributed by atoms with Crippen LogP contribution in [0.15, 0.2) is 12.1 Å². The normalized spacial score (nSPS) is 22.6. The van der Waals surface area contributed by atoms with E-state index in [9.17, 15) is 14.7 Å². The van der Waals surface area contributed by atoms with E-state index >= 15 is 0 Å². The Kier molecular flexibility index (Phi) is 4.04. The van der Waals surface area contributed by atoms with E-state index in [1.54, 1.807) is 19.1 Å². The van der Waals surface area contributed by atoms with Gasteiger partial charge in [0.2, 0.25) is 0 Å². The average molecular weight is 278 g/mol. The lowest BCUT2D eigenvalue weighted by Crippen LogP contribution is -2.48. The van der Waals surface area contributed by atoms with Crippen LogP contribution in [0.2, 0.25) is 0 Å². The number of nitrogens with zero attached hydrogens (tertiary/aromatic N) is 2. The number of carbonyl (C=O) groups excluding carboxylic acids is 1. The average Bonchev–Trinajstić information content (AvgIpc) is 2.38. The fourth-order valence-electron chi connectivity index (χ4n) is 2.45. The minimum absolute atomic E-state index is 0.0304. The summed E-state index contributed by atoms with van der Waals surface area (Å²) in [5.41, 5.74) is 1.95. The van der Waals surface area contributed by atoms with Gasteiger partial charge in [0.25, 0.3) is 5.91 Å². The lowest BCUT2D eigenvalue weighted by Gasteiger charge is -2.34. The zero-order chi connectivity index (χ0) is 14.9. The first-order valence-electron chi connectivity index (χ1n) is 6.54. The van der Waals surface area contributed by atoms with Gasteiger partial charge in [-0.25, -0.2) is 0 Å². The van der Waals surface area contributed by atoms with Gasteiger partial charge < -0.3 is 15.1 Å². The van der Waals surface area contributed by atoms with E-state index in [2.05, 4.69) is 4.98 Å². The molecule has 6 heteroatoms. The molecule has 0 bridgehead atoms. The lowest BCUT2D eigenvalue weighted by molar-refractivity contribution is -0.148. The standard InChI is InChI=1S/C14H18N2O4/c1-8-3-4-10(9(2)15-8)13(18)16-6-5-12(17)11(7-16)14(19)20/h3-4,11-12,17H,5-7H2,1-2H3,(H,19,20)/t11-,12-/m1/s1. The quantitative estimate of drug-likeness (QED) is 0.827. The summed E-state index contributed by atoms with van der Waals surface area (Å²) in [4.78, 5) is 29.2. The summed E-state index contributed by atoms with van der Waals surface area (Å²) in [5.74, 6) is -2.23. The smallest absolute Gasteiger partial charge is 0.310 e. The van der Waals surface area contributed by atoms with Gasteiger partial charge in [0, 0.05) is 18.8 Å². The number of aliphatic carboxylic acids is 1. The molecule has 1 saturated heterocycles. The molecule has 1 fully saturated rings. The number of aromatic nitrogens is 1. The fraction of sp³-hybridized carbons (Fsp3) is 0.500. The third-order valence-electron chi connectivity index (χ3n) is 3.64. The van der Waals surface area contributed by atoms with Crippen molar-refractivity contribution in [1.82, 2.24) is 9.88 Å². The Morgan fingerprint density at radius 3 is 2.65 bits per heavy atom. The molecule has 1 aromatic rings. The molecule has 0 radical (unpaired) electrons. The van der Waals surface area contributed by atoms with Crippen LogP contribution >= 0.6 is 0 Å². The van der Waals surface area contributed by atoms with E-state index in [1.807, 2.05) is 6.92 Å². The number of amides is 1. The first-order valence-corrected chi connectivity index (χ1v) is 6.54. The monoisotopic (exact) mass is 278 g/mol. The molecule has 0 spiro atoms. The maximum atomic E-state index is 12.4. The van der Waals surface area contributed by atoms with Crippen LogP contribution in [0.25, 0.3) is 0 Å². The summed E-state index contributed by atoms with van der Waals surface area (Å²) in [5, 5.41) is 18.7. The highest BCUT2D eigenvalue weighted by atomic mass is 16.4. The number of pyridine rings is 1. The highest BCUT2D eigenvalue weighted by molar-refractivity contribution is 5.95. The number of aryl methyl sites for hydroxylation is 2. The fourth-order valence-corrected chi connectivity index (χ4v) is 2.45. The SMILES string of the molecule is Cc1ccc(C(=O)N2CC[C@@H](O)[C@H](C(=O)O)C2)c(C)n1. The molecule has 0 aliphatic carbocycles. The van der Waals surface area contributed by atoms with Crippen LogP contribution in [0.5, 0.6) is 0 Å². The summed E-state index contributed by atoms with van der Waals surface area (Å²) in [7, 11) is 0. The van der Waals surface area contributed by atoms with Gasteiger partial charge in [0.15, 0.2) is 0 Å². The second-order valence-electron chi connectivity index (χ2n) is 5.14. The van der Waals surface area contributed by atoms with E-state index in [0.717, 1.165) is 5.69 Å². The predicted molar refractivity (Wildman–Crippen MR) is 71.4 cm³/mol. The minimum atomic E-state index is -1.08. The molecule has 108 valence electrons. The number of likely N-dealkylation sites (tertiary alicyclic amines) is 1. The first kappa shape index (κ1) is 14.5. The van der Waals surface area contributed by atoms with Crippen molar-refractivity contribution in [3.05, 3.63) is 29.1 Å². The van der Waals surface area contributed by atoms with Crippen molar-refractivity contribution in [1.29, 1.82) is 0 Å². The van der Waals surface area contributed by atoms with Crippen LogP contribution in [0.4, 0.5) is 0 Å². The number of rotatable bonds is 2. The van der Waals surface area contributed by atoms with Gasteiger partial charge >= 0.3 is 5.97 Å². The Labute approximate surface area is 117 Å². The number of hydrogen-bond donors (Lipinski definition) is 2. The molecular weight excluding hydrogens is 260 g/mol. The molecule has 0 saturated carbocycles. The van der Waals surface area contributed by atoms with Crippen LogP contribution < -0.4 is 0 Å². The maximum absolute atomic E-state index is 12.4. The van der Waals surface area contributed by atoms with Crippen molar-refractivity contribution in [3.63, 3.8) is 0 Å². The number of piperidine rings is 1. The Bertz CT molecular complexity index is 544. The van der Waals surface area contributed by atoms with E-state index < -0.39 is 18.0 Å². The number of carbonyl (C=O) groups is 2. The molecule has 1 aliphatic rings. The van der Waals surface area contributed by atoms with Gasteiger partial charge in [0.1, 0.15) is 5.92 Å². The zero-order valence-electron chi connectivity index (χ0n) is 11.5. The van der Waals surface area contributed by atoms with Gasteiger partial charge in [-0.2, -0.15) is 0 Å². The van der Waals surface area contributed by atoms with Gasteiger partial charge in [-0.05, 0) is 32.4 Å². The third kappa shape index (κ3) is 2.80. The first-order chi connectivity index (χ1) is 9.40. The highest BCUT2D eigenvalue weighted by Crippen LogP contribution is 2.20. The number of aliphatic hydroxyl groups excluding tert-OH is 1. The number of hydrogen-bond acceptors (Lipinski definition) is 4. The Morgan fingerprint density at radius 2 is 2.05 bits per heavy atom. The van der Waals surface area contributed by atoms with Crippen LogP contribution in [0, 0.1) is 19.8 Å². The van der Waals surface area contributed by atoms with Crippen LogP contribution in [0.1, 0.15) is 28.2 Å². The third-order valence-corrected chi connectivity index (χ3v) is 3.64. The van der Waals surface area contributed by atoms with E-state index in [4.69, 9.17) is 5.11 Å². The number of carboxylic acid groups (broad SMARTS) is 1. The largest absolute Gasteiger partial charge is 0.481 e. The van der Waals surface area contributed by atoms with Crippen molar-refractivity contribution in [3.8, 4) is 0 Å². The van der Waals surface area contributed by atoms with E-state index in [1.165, 1.54) is 4.90 Å². The van der Waals surface area contributed by atoms with E-state index in [0.29, 0.717) is 17.8 Å². The molecule has 1 aromatic heterocycles. The Morgan fingerprint density at radius 1 is 1.35 bits per heavy atom. The van der Waals surface area contributed by atoms with Gasteiger partial charge in [-0.3, -0.25) is 14.6 Å². The van der Waals surface area contributed by atoms with Crippen LogP contribution in [0.3, 0.4) is 0 Å². The van der Waals surface area contributed by atoms with E-state index in [-0.39, 0.29) is 18.9 Å². The molecule has 0 aromatic carbocycles. The van der Waals surface area contributed by atoms with Crippen molar-refractivity contribution >= 4 is 11.9 Å². The van der Waals surface area contributed by atoms with Gasteiger partial charge in [0.05, 0.1) is 17.4 Å². The summed E-state index contributed by atoms with van der Waals surface area (Å²) < 4.78 is 0. The topological polar surface area (TPSA) is 90.7 Å². The number of aliphatic hydroxyl groups is 1. The summed E-state index contributed by atoms with van der Waals surface area (Å²) in [6.45, 7) is 3.99. The van der Waals surface area contributed by atoms with Crippen LogP contribution in [-0.2, 0) is 4.79 Å². The van der Waals surface area contributed by atoms with Crippen molar-refractivity contribution in [2.75, 3.05) is 13.1 Å². The molecule has 2 rings (SSSR count). The molecule has 2 heterocycles. The Balaban J connectivity index is 2.19. The highest BCUT2D eigenvalue weighted by Gasteiger charge is 2.35. The molecule has 0 unspecified atom stereocenters. The minimum Gasteiger partial charge on any atom is -0.481 e. The second-order valence-corrected chi connectivity index (χ2v) is 5.14. The van der Waals surface area contributed by atoms with Gasteiger partial charge in [-0.1, -0.05) is 0 Å². The molecule has 6 nitrogen and oxygen atoms in total. The maximum Gasteiger partial charge on any atom is 0.310 e. The van der Waals surface area contributed by atoms with Crippen molar-refractivity contribution < 1.29 is 19.8 Å². The lowest BCUT2D eigenvalue weighted by atomic mass is 9.94. The van der Waals surface area contributed by atoms with Crippen molar-refractivity contribution in [2.45, 2.75) is 26.4 Å². The number of carboxylic acids is 1. The molecular formula is C14H18N2O4. The zero-order valence-corrected chi connectivity index (χ0v) is 11.5. The summed E-state index contributed by atoms with van der Waals surface area (Å²) >= 11 is 0. The molecule has 1 amide bonds. The second kappa shape index (κ2) is 5.58. The summed E-state index contributed by atoms with van der Waals surface area (Å²) in [6, 6.07) is 3.47. The predicted octanol–water partition coefficient (Wildman–Crippen LogP) is 0.606.